The predicted molar refractivity (Wildman–Crippen MR) is 403 cm³/mol. The summed E-state index contributed by atoms with van der Waals surface area (Å²) in [6, 6.07) is 39.5. The third-order valence-corrected chi connectivity index (χ3v) is 19.4. The molecule has 9 heteroatoms. The fourth-order valence-electron chi connectivity index (χ4n) is 10.7. The van der Waals surface area contributed by atoms with Crippen molar-refractivity contribution >= 4 is 17.2 Å². The zero-order valence-electron chi connectivity index (χ0n) is 65.2. The quantitative estimate of drug-likeness (QED) is 0.0899. The fraction of sp³-hybridized carbons (Fsp3) is 0.571. The van der Waals surface area contributed by atoms with Crippen LogP contribution in [-0.4, -0.2) is 0 Å². The smallest absolute Gasteiger partial charge is 0.273 e. The number of rotatable bonds is 12. The van der Waals surface area contributed by atoms with E-state index in [1.165, 1.54) is 33.4 Å². The Hall–Kier alpha value is -4.53. The second kappa shape index (κ2) is 28.5. The Morgan fingerprint density at radius 3 is 0.366 bits per heavy atom. The van der Waals surface area contributed by atoms with Crippen LogP contribution in [0.1, 0.15) is 316 Å². The topological polar surface area (TPSA) is 55.4 Å². The van der Waals surface area contributed by atoms with Crippen LogP contribution in [0.4, 0.5) is 0 Å². The molecule has 0 unspecified atom stereocenters. The average Bonchev–Trinajstić information content (AvgIpc) is 0.804. The van der Waals surface area contributed by atoms with Crippen LogP contribution in [0.15, 0.2) is 109 Å². The van der Waals surface area contributed by atoms with Crippen LogP contribution >= 0.6 is 17.2 Å². The van der Waals surface area contributed by atoms with Crippen molar-refractivity contribution in [1.82, 2.24) is 0 Å². The Morgan fingerprint density at radius 1 is 0.172 bits per heavy atom. The Kier molecular flexibility index (Phi) is 24.8. The number of hydrogen-bond donors (Lipinski definition) is 0. The maximum atomic E-state index is 6.94. The van der Waals surface area contributed by atoms with Gasteiger partial charge in [-0.3, -0.25) is 27.1 Å². The first-order valence-electron chi connectivity index (χ1n) is 33.9. The normalized spacial score (nSPS) is 13.5. The van der Waals surface area contributed by atoms with Gasteiger partial charge in [0.15, 0.2) is 34.5 Å². The Labute approximate surface area is 581 Å². The number of benzene rings is 6. The third-order valence-electron chi connectivity index (χ3n) is 17.1. The molecule has 0 aromatic heterocycles. The molecule has 6 aromatic rings. The molecular weight excluding hydrogens is 1230 g/mol. The van der Waals surface area contributed by atoms with E-state index in [1.54, 1.807) is 0 Å². The summed E-state index contributed by atoms with van der Waals surface area (Å²) in [5.41, 5.74) is 13.8. The van der Waals surface area contributed by atoms with Crippen molar-refractivity contribution in [2.24, 2.45) is 0 Å². The zero-order chi connectivity index (χ0) is 70.5. The first-order valence-corrected chi connectivity index (χ1v) is 36.3. The summed E-state index contributed by atoms with van der Waals surface area (Å²) in [5.74, 6) is 4.84. The van der Waals surface area contributed by atoms with Gasteiger partial charge in [-0.15, -0.1) is 0 Å². The van der Waals surface area contributed by atoms with Crippen molar-refractivity contribution in [2.45, 2.75) is 314 Å². The predicted octanol–water partition coefficient (Wildman–Crippen LogP) is 25.9. The maximum absolute atomic E-state index is 6.94. The summed E-state index contributed by atoms with van der Waals surface area (Å²) < 4.78 is 41.6. The molecule has 0 spiro atoms. The summed E-state index contributed by atoms with van der Waals surface area (Å²) >= 11 is 0. The van der Waals surface area contributed by atoms with Gasteiger partial charge in [-0.1, -0.05) is 322 Å². The van der Waals surface area contributed by atoms with E-state index in [2.05, 4.69) is 358 Å². The average molecular weight is 1350 g/mol. The van der Waals surface area contributed by atoms with Crippen LogP contribution in [0.25, 0.3) is 0 Å². The number of hydrogen-bond acceptors (Lipinski definition) is 6. The van der Waals surface area contributed by atoms with E-state index in [9.17, 15) is 0 Å². The fourth-order valence-corrected chi connectivity index (χ4v) is 13.1. The molecular formula is C84H128NiO6P2+2. The minimum Gasteiger partial charge on any atom is -0.273 e. The van der Waals surface area contributed by atoms with E-state index in [0.717, 1.165) is 67.9 Å². The molecule has 0 amide bonds. The van der Waals surface area contributed by atoms with Gasteiger partial charge in [0.05, 0.1) is 0 Å². The molecule has 0 N–H and O–H groups in total. The molecule has 6 rings (SSSR count). The van der Waals surface area contributed by atoms with E-state index < -0.39 is 17.2 Å². The van der Waals surface area contributed by atoms with E-state index in [-0.39, 0.29) is 81.5 Å². The van der Waals surface area contributed by atoms with Gasteiger partial charge in [-0.2, -0.15) is 0 Å². The van der Waals surface area contributed by atoms with Gasteiger partial charge < -0.3 is 0 Å². The third kappa shape index (κ3) is 22.3. The molecule has 6 aromatic carbocycles. The van der Waals surface area contributed by atoms with Crippen LogP contribution in [-0.2, 0) is 81.5 Å². The van der Waals surface area contributed by atoms with Crippen LogP contribution in [0.3, 0.4) is 0 Å². The molecule has 0 aliphatic carbocycles. The molecule has 0 bridgehead atoms. The van der Waals surface area contributed by atoms with E-state index >= 15 is 0 Å². The van der Waals surface area contributed by atoms with Crippen molar-refractivity contribution in [3.8, 4) is 34.5 Å². The van der Waals surface area contributed by atoms with E-state index in [0.29, 0.717) is 0 Å². The Bertz CT molecular complexity index is 2890. The molecule has 0 radical (unpaired) electrons. The minimum absolute atomic E-state index is 0. The molecule has 93 heavy (non-hydrogen) atoms. The largest absolute Gasteiger partial charge is 0.528 e. The molecule has 6 nitrogen and oxygen atoms in total. The van der Waals surface area contributed by atoms with Gasteiger partial charge in [0.1, 0.15) is 0 Å². The first-order chi connectivity index (χ1) is 41.2. The van der Waals surface area contributed by atoms with Crippen molar-refractivity contribution in [3.05, 3.63) is 176 Å². The zero-order valence-corrected chi connectivity index (χ0v) is 68.1. The summed E-state index contributed by atoms with van der Waals surface area (Å²) in [6.45, 7) is 80.8. The first kappa shape index (κ1) is 80.9. The van der Waals surface area contributed by atoms with E-state index in [1.807, 2.05) is 0 Å². The van der Waals surface area contributed by atoms with Crippen LogP contribution in [0.2, 0.25) is 0 Å². The van der Waals surface area contributed by atoms with Gasteiger partial charge in [-0.05, 0) is 135 Å². The second-order valence-corrected chi connectivity index (χ2v) is 40.6. The molecule has 518 valence electrons. The van der Waals surface area contributed by atoms with Crippen LogP contribution in [0, 0.1) is 0 Å². The molecule has 0 atom stereocenters. The second-order valence-electron chi connectivity index (χ2n) is 38.4. The summed E-state index contributed by atoms with van der Waals surface area (Å²) in [7, 11) is -4.78. The van der Waals surface area contributed by atoms with E-state index in [4.69, 9.17) is 27.1 Å². The van der Waals surface area contributed by atoms with Crippen LogP contribution in [0.5, 0.6) is 34.5 Å². The monoisotopic (exact) mass is 1350 g/mol. The molecule has 0 fully saturated rings. The SMILES string of the molecule is CC(C)(C)c1ccc(O[PH+](Oc2ccc(C(C)(C)C)cc2C(C)(C)C)Oc2ccc(C(C)(C)C)cc2C(C)(C)C)c(C(C)(C)C)c1.CC(C)(C)c1ccc(O[PH+](Oc2ccc(C(C)(C)C)cc2C(C)(C)C)Oc2ccc(C(C)(C)C)cc2C(C)(C)C)c(C(C)(C)C)c1.[Ni]. The van der Waals surface area contributed by atoms with Crippen molar-refractivity contribution < 1.29 is 43.6 Å². The summed E-state index contributed by atoms with van der Waals surface area (Å²) in [6.07, 6.45) is 0. The Balaban J connectivity index is 0.000000392. The standard InChI is InChI=1S/2C42H64O3P.Ni/c2*1-37(2,3)28-19-22-34(31(25-28)40(10,11)12)43-46(44-35-23-20-29(38(4,5)6)26-32(35)41(13,14)15)45-36-24-21-30(39(7,8)9)27-33(36)42(16,17)18;/h2*19-27,46H,1-18H3;/q2*+1;. The molecule has 0 aliphatic heterocycles. The van der Waals surface area contributed by atoms with Gasteiger partial charge in [0.2, 0.25) is 0 Å². The van der Waals surface area contributed by atoms with Crippen molar-refractivity contribution in [3.63, 3.8) is 0 Å². The maximum Gasteiger partial charge on any atom is 0.528 e. The summed E-state index contributed by atoms with van der Waals surface area (Å²) in [4.78, 5) is 0. The molecule has 0 saturated carbocycles. The minimum atomic E-state index is -2.39. The van der Waals surface area contributed by atoms with Gasteiger partial charge >= 0.3 is 17.2 Å². The van der Waals surface area contributed by atoms with Crippen molar-refractivity contribution in [1.29, 1.82) is 0 Å². The molecule has 0 aliphatic rings. The molecule has 0 heterocycles. The van der Waals surface area contributed by atoms with Crippen molar-refractivity contribution in [2.75, 3.05) is 0 Å². The summed E-state index contributed by atoms with van der Waals surface area (Å²) in [5, 5.41) is 0. The Morgan fingerprint density at radius 2 is 0.280 bits per heavy atom. The van der Waals surface area contributed by atoms with Gasteiger partial charge in [0, 0.05) is 49.9 Å². The molecule has 0 saturated heterocycles. The van der Waals surface area contributed by atoms with Gasteiger partial charge in [0.25, 0.3) is 0 Å². The van der Waals surface area contributed by atoms with Crippen LogP contribution < -0.4 is 27.1 Å². The van der Waals surface area contributed by atoms with Gasteiger partial charge in [-0.25, -0.2) is 0 Å².